The Morgan fingerprint density at radius 1 is 1.18 bits per heavy atom. The van der Waals surface area contributed by atoms with E-state index < -0.39 is 0 Å². The van der Waals surface area contributed by atoms with Gasteiger partial charge in [0.1, 0.15) is 5.82 Å². The largest absolute Gasteiger partial charge is 0.361 e. The number of amides is 1. The quantitative estimate of drug-likeness (QED) is 0.587. The number of H-pyrrole nitrogens is 1. The number of hydrogen-bond acceptors (Lipinski definition) is 4. The van der Waals surface area contributed by atoms with Crippen LogP contribution in [0.2, 0.25) is 0 Å². The van der Waals surface area contributed by atoms with Crippen molar-refractivity contribution in [3.63, 3.8) is 0 Å². The molecule has 0 saturated carbocycles. The number of fused-ring (bicyclic) bond motifs is 1. The Morgan fingerprint density at radius 3 is 2.96 bits per heavy atom. The minimum Gasteiger partial charge on any atom is -0.361 e. The first-order valence-corrected chi connectivity index (χ1v) is 9.10. The molecule has 0 bridgehead atoms. The summed E-state index contributed by atoms with van der Waals surface area (Å²) in [5.74, 6) is 0.432. The van der Waals surface area contributed by atoms with Crippen molar-refractivity contribution < 1.29 is 13.7 Å². The van der Waals surface area contributed by atoms with Gasteiger partial charge in [0, 0.05) is 53.7 Å². The summed E-state index contributed by atoms with van der Waals surface area (Å²) < 4.78 is 19.4. The van der Waals surface area contributed by atoms with Crippen LogP contribution >= 0.6 is 0 Å². The maximum absolute atomic E-state index is 13.9. The van der Waals surface area contributed by atoms with Crippen molar-refractivity contribution in [2.75, 3.05) is 6.54 Å². The van der Waals surface area contributed by atoms with E-state index in [-0.39, 0.29) is 24.2 Å². The molecule has 1 amide bonds. The van der Waals surface area contributed by atoms with Gasteiger partial charge in [-0.05, 0) is 24.3 Å². The van der Waals surface area contributed by atoms with Gasteiger partial charge in [0.15, 0.2) is 5.82 Å². The second kappa shape index (κ2) is 6.60. The lowest BCUT2D eigenvalue weighted by Crippen LogP contribution is -2.25. The van der Waals surface area contributed by atoms with Gasteiger partial charge in [0.2, 0.25) is 5.91 Å². The van der Waals surface area contributed by atoms with Gasteiger partial charge in [-0.25, -0.2) is 4.39 Å². The standard InChI is InChI=1S/C21H17FN4O2/c22-17-6-2-1-4-13(17)11-26-12-14(10-19(26)27)20-24-21(28-25-20)16-5-3-7-18-15(16)8-9-23-18/h1-9,14,23H,10-12H2. The van der Waals surface area contributed by atoms with Crippen LogP contribution in [0.5, 0.6) is 0 Å². The lowest BCUT2D eigenvalue weighted by Gasteiger charge is -2.16. The van der Waals surface area contributed by atoms with Gasteiger partial charge in [0.25, 0.3) is 5.89 Å². The highest BCUT2D eigenvalue weighted by Gasteiger charge is 2.34. The van der Waals surface area contributed by atoms with Gasteiger partial charge in [-0.2, -0.15) is 4.98 Å². The van der Waals surface area contributed by atoms with E-state index in [9.17, 15) is 9.18 Å². The molecule has 4 aromatic rings. The summed E-state index contributed by atoms with van der Waals surface area (Å²) in [4.78, 5) is 21.7. The smallest absolute Gasteiger partial charge is 0.258 e. The fraction of sp³-hybridized carbons (Fsp3) is 0.190. The highest BCUT2D eigenvalue weighted by Crippen LogP contribution is 2.31. The Kier molecular flexibility index (Phi) is 3.93. The number of halogens is 1. The normalized spacial score (nSPS) is 17.0. The lowest BCUT2D eigenvalue weighted by atomic mass is 10.1. The average Bonchev–Trinajstić information content (AvgIpc) is 3.43. The van der Waals surface area contributed by atoms with E-state index in [0.29, 0.717) is 30.2 Å². The van der Waals surface area contributed by atoms with Gasteiger partial charge in [-0.3, -0.25) is 4.79 Å². The maximum Gasteiger partial charge on any atom is 0.258 e. The fourth-order valence-corrected chi connectivity index (χ4v) is 3.71. The molecule has 5 rings (SSSR count). The van der Waals surface area contributed by atoms with Gasteiger partial charge in [-0.15, -0.1) is 0 Å². The lowest BCUT2D eigenvalue weighted by molar-refractivity contribution is -0.128. The first kappa shape index (κ1) is 16.7. The molecule has 28 heavy (non-hydrogen) atoms. The first-order valence-electron chi connectivity index (χ1n) is 9.10. The Morgan fingerprint density at radius 2 is 2.07 bits per heavy atom. The molecular weight excluding hydrogens is 359 g/mol. The molecule has 2 aromatic carbocycles. The zero-order chi connectivity index (χ0) is 19.1. The molecule has 0 radical (unpaired) electrons. The molecule has 1 aliphatic heterocycles. The molecule has 140 valence electrons. The summed E-state index contributed by atoms with van der Waals surface area (Å²) >= 11 is 0. The highest BCUT2D eigenvalue weighted by atomic mass is 19.1. The minimum atomic E-state index is -0.305. The van der Waals surface area contributed by atoms with E-state index >= 15 is 0 Å². The summed E-state index contributed by atoms with van der Waals surface area (Å²) in [5.41, 5.74) is 2.35. The molecule has 1 atom stereocenters. The molecule has 7 heteroatoms. The van der Waals surface area contributed by atoms with Crippen molar-refractivity contribution >= 4 is 16.8 Å². The zero-order valence-electron chi connectivity index (χ0n) is 14.9. The number of aromatic amines is 1. The van der Waals surface area contributed by atoms with Crippen LogP contribution < -0.4 is 0 Å². The number of aromatic nitrogens is 3. The molecule has 6 nitrogen and oxygen atoms in total. The first-order chi connectivity index (χ1) is 13.7. The van der Waals surface area contributed by atoms with Crippen LogP contribution in [0.25, 0.3) is 22.4 Å². The number of benzene rings is 2. The summed E-state index contributed by atoms with van der Waals surface area (Å²) in [5, 5.41) is 5.11. The number of carbonyl (C=O) groups is 1. The predicted molar refractivity (Wildman–Crippen MR) is 101 cm³/mol. The minimum absolute atomic E-state index is 0.0349. The van der Waals surface area contributed by atoms with E-state index in [4.69, 9.17) is 4.52 Å². The Bertz CT molecular complexity index is 1170. The molecule has 1 aliphatic rings. The third-order valence-corrected chi connectivity index (χ3v) is 5.17. The summed E-state index contributed by atoms with van der Waals surface area (Å²) in [7, 11) is 0. The van der Waals surface area contributed by atoms with Crippen molar-refractivity contribution in [1.29, 1.82) is 0 Å². The molecule has 2 aromatic heterocycles. The van der Waals surface area contributed by atoms with Crippen LogP contribution in [0.3, 0.4) is 0 Å². The Hall–Kier alpha value is -3.48. The van der Waals surface area contributed by atoms with Gasteiger partial charge < -0.3 is 14.4 Å². The molecule has 1 N–H and O–H groups in total. The van der Waals surface area contributed by atoms with Crippen LogP contribution in [-0.4, -0.2) is 32.5 Å². The second-order valence-electron chi connectivity index (χ2n) is 6.97. The second-order valence-corrected chi connectivity index (χ2v) is 6.97. The van der Waals surface area contributed by atoms with E-state index in [1.807, 2.05) is 30.5 Å². The Balaban J connectivity index is 1.37. The number of nitrogens with zero attached hydrogens (tertiary/aromatic N) is 3. The van der Waals surface area contributed by atoms with E-state index in [0.717, 1.165) is 16.5 Å². The molecule has 3 heterocycles. The van der Waals surface area contributed by atoms with Crippen molar-refractivity contribution in [3.05, 3.63) is 71.9 Å². The SMILES string of the molecule is O=C1CC(c2noc(-c3cccc4[nH]ccc34)n2)CN1Cc1ccccc1F. The maximum atomic E-state index is 13.9. The van der Waals surface area contributed by atoms with Gasteiger partial charge >= 0.3 is 0 Å². The van der Waals surface area contributed by atoms with Gasteiger partial charge in [0.05, 0.1) is 0 Å². The topological polar surface area (TPSA) is 75.0 Å². The van der Waals surface area contributed by atoms with Crippen LogP contribution in [0.4, 0.5) is 4.39 Å². The Labute approximate surface area is 160 Å². The zero-order valence-corrected chi connectivity index (χ0v) is 14.9. The third-order valence-electron chi connectivity index (χ3n) is 5.17. The monoisotopic (exact) mass is 376 g/mol. The van der Waals surface area contributed by atoms with Crippen molar-refractivity contribution in [2.45, 2.75) is 18.9 Å². The van der Waals surface area contributed by atoms with Crippen LogP contribution in [0, 0.1) is 5.82 Å². The van der Waals surface area contributed by atoms with Gasteiger partial charge in [-0.1, -0.05) is 29.4 Å². The molecule has 1 fully saturated rings. The van der Waals surface area contributed by atoms with Crippen molar-refractivity contribution in [2.24, 2.45) is 0 Å². The van der Waals surface area contributed by atoms with Crippen molar-refractivity contribution in [3.8, 4) is 11.5 Å². The highest BCUT2D eigenvalue weighted by molar-refractivity contribution is 5.92. The average molecular weight is 376 g/mol. The number of nitrogens with one attached hydrogen (secondary N) is 1. The van der Waals surface area contributed by atoms with E-state index in [1.54, 1.807) is 23.1 Å². The molecule has 1 saturated heterocycles. The molecule has 0 spiro atoms. The third kappa shape index (κ3) is 2.85. The van der Waals surface area contributed by atoms with Crippen molar-refractivity contribution in [1.82, 2.24) is 20.0 Å². The summed E-state index contributed by atoms with van der Waals surface area (Å²) in [6, 6.07) is 14.3. The predicted octanol–water partition coefficient (Wildman–Crippen LogP) is 3.87. The van der Waals surface area contributed by atoms with Crippen LogP contribution in [0.1, 0.15) is 23.7 Å². The summed E-state index contributed by atoms with van der Waals surface area (Å²) in [6.45, 7) is 0.690. The molecular formula is C21H17FN4O2. The van der Waals surface area contributed by atoms with E-state index in [2.05, 4.69) is 15.1 Å². The number of hydrogen-bond donors (Lipinski definition) is 1. The number of rotatable bonds is 4. The van der Waals surface area contributed by atoms with Crippen LogP contribution in [-0.2, 0) is 11.3 Å². The molecule has 0 aliphatic carbocycles. The summed E-state index contributed by atoms with van der Waals surface area (Å²) in [6.07, 6.45) is 2.16. The number of likely N-dealkylation sites (tertiary alicyclic amines) is 1. The molecule has 1 unspecified atom stereocenters. The van der Waals surface area contributed by atoms with Crippen LogP contribution in [0.15, 0.2) is 59.3 Å². The fourth-order valence-electron chi connectivity index (χ4n) is 3.71. The number of carbonyl (C=O) groups excluding carboxylic acids is 1. The van der Waals surface area contributed by atoms with E-state index in [1.165, 1.54) is 6.07 Å².